The van der Waals surface area contributed by atoms with E-state index < -0.39 is 24.3 Å². The Hall–Kier alpha value is -1.44. The number of ether oxygens (including phenoxy) is 1. The Labute approximate surface area is 148 Å². The Morgan fingerprint density at radius 3 is 2.33 bits per heavy atom. The lowest BCUT2D eigenvalue weighted by Crippen LogP contribution is -2.41. The van der Waals surface area contributed by atoms with Crippen molar-refractivity contribution in [3.05, 3.63) is 34.8 Å². The summed E-state index contributed by atoms with van der Waals surface area (Å²) in [5.74, 6) is -0.258. The highest BCUT2D eigenvalue weighted by Crippen LogP contribution is 2.39. The van der Waals surface area contributed by atoms with E-state index in [0.717, 1.165) is 11.0 Å². The van der Waals surface area contributed by atoms with Crippen LogP contribution >= 0.6 is 12.6 Å². The Kier molecular flexibility index (Phi) is 5.37. The van der Waals surface area contributed by atoms with Gasteiger partial charge in [-0.1, -0.05) is 12.1 Å². The van der Waals surface area contributed by atoms with E-state index in [1.54, 1.807) is 12.1 Å². The third kappa shape index (κ3) is 3.63. The number of carboxylic acids is 1. The van der Waals surface area contributed by atoms with Crippen LogP contribution in [0.2, 0.25) is 0 Å². The maximum absolute atomic E-state index is 11.2. The average molecular weight is 350 g/mol. The molecule has 0 amide bonds. The number of thiol groups is 1. The second-order valence-electron chi connectivity index (χ2n) is 6.73. The first-order valence-electron chi connectivity index (χ1n) is 7.69. The number of aromatic carboxylic acids is 1. The molecule has 0 aliphatic carbocycles. The summed E-state index contributed by atoms with van der Waals surface area (Å²) in [6, 6.07) is 4.92. The van der Waals surface area contributed by atoms with Crippen molar-refractivity contribution in [1.29, 1.82) is 0 Å². The molecule has 2 rings (SSSR count). The first kappa shape index (κ1) is 18.9. The fourth-order valence-corrected chi connectivity index (χ4v) is 2.61. The summed E-state index contributed by atoms with van der Waals surface area (Å²) in [7, 11) is 0.959. The lowest BCUT2D eigenvalue weighted by molar-refractivity contribution is 0.00578. The summed E-state index contributed by atoms with van der Waals surface area (Å²) in [6.45, 7) is 7.98. The molecule has 1 heterocycles. The number of carboxylic acid groups (broad SMARTS) is 1. The molecule has 24 heavy (non-hydrogen) atoms. The fourth-order valence-electron chi connectivity index (χ4n) is 2.37. The third-order valence-corrected chi connectivity index (χ3v) is 4.91. The molecule has 1 N–H and O–H groups in total. The largest absolute Gasteiger partial charge is 0.496 e. The van der Waals surface area contributed by atoms with Gasteiger partial charge in [-0.05, 0) is 50.9 Å². The second-order valence-corrected chi connectivity index (χ2v) is 7.05. The van der Waals surface area contributed by atoms with Crippen LogP contribution in [0.3, 0.4) is 0 Å². The van der Waals surface area contributed by atoms with Crippen LogP contribution in [-0.2, 0) is 9.31 Å². The molecule has 0 radical (unpaired) electrons. The smallest absolute Gasteiger partial charge is 0.491 e. The van der Waals surface area contributed by atoms with E-state index in [4.69, 9.17) is 19.2 Å². The van der Waals surface area contributed by atoms with E-state index >= 15 is 0 Å². The van der Waals surface area contributed by atoms with E-state index in [1.807, 2.05) is 33.8 Å². The molecule has 0 atom stereocenters. The quantitative estimate of drug-likeness (QED) is 0.630. The topological polar surface area (TPSA) is 65.0 Å². The monoisotopic (exact) mass is 350 g/mol. The van der Waals surface area contributed by atoms with Gasteiger partial charge >= 0.3 is 13.1 Å². The normalized spacial score (nSPS) is 19.4. The van der Waals surface area contributed by atoms with Gasteiger partial charge in [0.15, 0.2) is 0 Å². The molecule has 0 spiro atoms. The average Bonchev–Trinajstić information content (AvgIpc) is 2.72. The summed E-state index contributed by atoms with van der Waals surface area (Å²) < 4.78 is 17.2. The minimum atomic E-state index is -1.03. The van der Waals surface area contributed by atoms with Gasteiger partial charge in [-0.3, -0.25) is 0 Å². The Morgan fingerprint density at radius 1 is 1.29 bits per heavy atom. The Morgan fingerprint density at radius 2 is 1.88 bits per heavy atom. The molecule has 0 unspecified atom stereocenters. The van der Waals surface area contributed by atoms with Gasteiger partial charge in [0.05, 0.1) is 18.3 Å². The molecule has 7 heteroatoms. The van der Waals surface area contributed by atoms with Crippen LogP contribution in [0.5, 0.6) is 5.75 Å². The summed E-state index contributed by atoms with van der Waals surface area (Å²) in [5.41, 5.74) is 0.935. The molecular formula is C17H23BO5S. The molecule has 1 aromatic carbocycles. The summed E-state index contributed by atoms with van der Waals surface area (Å²) in [4.78, 5) is 11.2. The molecule has 1 aromatic rings. The van der Waals surface area contributed by atoms with E-state index in [2.05, 4.69) is 12.6 Å². The molecule has 1 saturated heterocycles. The molecule has 0 bridgehead atoms. The zero-order chi connectivity index (χ0) is 18.1. The van der Waals surface area contributed by atoms with Gasteiger partial charge in [0.1, 0.15) is 11.3 Å². The van der Waals surface area contributed by atoms with Crippen molar-refractivity contribution >= 4 is 31.8 Å². The highest BCUT2D eigenvalue weighted by Gasteiger charge is 2.52. The van der Waals surface area contributed by atoms with Crippen LogP contribution in [0.15, 0.2) is 23.7 Å². The maximum Gasteiger partial charge on any atom is 0.491 e. The molecule has 1 fully saturated rings. The number of carbonyl (C=O) groups is 1. The molecule has 1 aliphatic heterocycles. The number of methoxy groups -OCH3 is 1. The Balaban J connectivity index is 2.33. The van der Waals surface area contributed by atoms with Gasteiger partial charge in [-0.15, -0.1) is 0 Å². The lowest BCUT2D eigenvalue weighted by atomic mass is 9.78. The highest BCUT2D eigenvalue weighted by atomic mass is 32.1. The van der Waals surface area contributed by atoms with Crippen LogP contribution in [-0.4, -0.2) is 42.3 Å². The van der Waals surface area contributed by atoms with Crippen molar-refractivity contribution in [2.45, 2.75) is 38.9 Å². The van der Waals surface area contributed by atoms with Gasteiger partial charge in [-0.2, -0.15) is 12.6 Å². The zero-order valence-electron chi connectivity index (χ0n) is 14.6. The van der Waals surface area contributed by atoms with Crippen molar-refractivity contribution < 1.29 is 23.9 Å². The highest BCUT2D eigenvalue weighted by molar-refractivity contribution is 7.80. The SMILES string of the molecule is COc1cc(C=C(CS)B2OC(C)(C)C(C)(C)O2)ccc1C(=O)O. The first-order chi connectivity index (χ1) is 11.1. The number of benzene rings is 1. The van der Waals surface area contributed by atoms with Crippen molar-refractivity contribution in [2.24, 2.45) is 0 Å². The van der Waals surface area contributed by atoms with Gasteiger partial charge in [0.2, 0.25) is 0 Å². The molecule has 130 valence electrons. The predicted molar refractivity (Wildman–Crippen MR) is 97.9 cm³/mol. The van der Waals surface area contributed by atoms with Crippen LogP contribution in [0, 0.1) is 0 Å². The summed E-state index contributed by atoms with van der Waals surface area (Å²) in [5, 5.41) is 9.16. The molecule has 0 aromatic heterocycles. The van der Waals surface area contributed by atoms with Crippen LogP contribution in [0.4, 0.5) is 0 Å². The van der Waals surface area contributed by atoms with Gasteiger partial charge in [0, 0.05) is 5.75 Å². The third-order valence-electron chi connectivity index (χ3n) is 4.55. The lowest BCUT2D eigenvalue weighted by Gasteiger charge is -2.32. The molecule has 1 aliphatic rings. The first-order valence-corrected chi connectivity index (χ1v) is 8.33. The van der Waals surface area contributed by atoms with Crippen molar-refractivity contribution in [1.82, 2.24) is 0 Å². The van der Waals surface area contributed by atoms with Crippen molar-refractivity contribution in [3.63, 3.8) is 0 Å². The van der Waals surface area contributed by atoms with Crippen molar-refractivity contribution in [2.75, 3.05) is 12.9 Å². The van der Waals surface area contributed by atoms with Gasteiger partial charge < -0.3 is 19.2 Å². The maximum atomic E-state index is 11.2. The summed E-state index contributed by atoms with van der Waals surface area (Å²) in [6.07, 6.45) is 1.89. The second kappa shape index (κ2) is 6.82. The Bertz CT molecular complexity index is 653. The molecular weight excluding hydrogens is 327 g/mol. The van der Waals surface area contributed by atoms with E-state index in [-0.39, 0.29) is 5.56 Å². The minimum Gasteiger partial charge on any atom is -0.496 e. The van der Waals surface area contributed by atoms with E-state index in [9.17, 15) is 4.79 Å². The zero-order valence-corrected chi connectivity index (χ0v) is 15.5. The number of hydrogen-bond acceptors (Lipinski definition) is 5. The molecule has 5 nitrogen and oxygen atoms in total. The minimum absolute atomic E-state index is 0.123. The van der Waals surface area contributed by atoms with Gasteiger partial charge in [-0.25, -0.2) is 4.79 Å². The predicted octanol–water partition coefficient (Wildman–Crippen LogP) is 3.34. The van der Waals surface area contributed by atoms with Crippen molar-refractivity contribution in [3.8, 4) is 5.75 Å². The van der Waals surface area contributed by atoms with Gasteiger partial charge in [0.25, 0.3) is 0 Å². The van der Waals surface area contributed by atoms with Crippen LogP contribution in [0.1, 0.15) is 43.6 Å². The summed E-state index contributed by atoms with van der Waals surface area (Å²) >= 11 is 4.38. The van der Waals surface area contributed by atoms with E-state index in [0.29, 0.717) is 11.5 Å². The number of hydrogen-bond donors (Lipinski definition) is 2. The number of rotatable bonds is 5. The van der Waals surface area contributed by atoms with E-state index in [1.165, 1.54) is 13.2 Å². The van der Waals surface area contributed by atoms with Crippen LogP contribution in [0.25, 0.3) is 6.08 Å². The standard InChI is InChI=1S/C17H23BO5S/c1-16(2)17(3,4)23-18(22-16)12(10-24)8-11-6-7-13(15(19)20)14(9-11)21-5/h6-9,24H,10H2,1-5H3,(H,19,20). The van der Waals surface area contributed by atoms with Crippen LogP contribution < -0.4 is 4.74 Å². The fraction of sp³-hybridized carbons (Fsp3) is 0.471. The molecule has 0 saturated carbocycles.